The first-order valence-electron chi connectivity index (χ1n) is 4.17. The van der Waals surface area contributed by atoms with Gasteiger partial charge in [-0.15, -0.1) is 0 Å². The lowest BCUT2D eigenvalue weighted by Crippen LogP contribution is -2.54. The lowest BCUT2D eigenvalue weighted by molar-refractivity contribution is 0.331. The van der Waals surface area contributed by atoms with Crippen molar-refractivity contribution in [3.63, 3.8) is 0 Å². The second kappa shape index (κ2) is 2.70. The van der Waals surface area contributed by atoms with Crippen molar-refractivity contribution >= 4 is 5.95 Å². The molecule has 1 aromatic rings. The molecule has 0 amide bonds. The molecule has 4 heteroatoms. The number of nitriles is 1. The Kier molecular flexibility index (Phi) is 1.66. The van der Waals surface area contributed by atoms with Gasteiger partial charge >= 0.3 is 0 Å². The first-order chi connectivity index (χ1) is 6.23. The van der Waals surface area contributed by atoms with Crippen LogP contribution in [0.2, 0.25) is 0 Å². The van der Waals surface area contributed by atoms with Gasteiger partial charge in [-0.25, -0.2) is 9.97 Å². The third kappa shape index (κ3) is 1.33. The van der Waals surface area contributed by atoms with Crippen molar-refractivity contribution in [3.8, 4) is 6.07 Å². The molecule has 2 heterocycles. The minimum atomic E-state index is -0.209. The molecule has 0 saturated carbocycles. The van der Waals surface area contributed by atoms with E-state index in [1.54, 1.807) is 18.5 Å². The summed E-state index contributed by atoms with van der Waals surface area (Å²) in [6.07, 6.45) is 3.43. The van der Waals surface area contributed by atoms with E-state index in [4.69, 9.17) is 5.26 Å². The van der Waals surface area contributed by atoms with Crippen molar-refractivity contribution in [1.29, 1.82) is 5.26 Å². The smallest absolute Gasteiger partial charge is 0.225 e. The summed E-state index contributed by atoms with van der Waals surface area (Å²) in [6.45, 7) is 3.41. The summed E-state index contributed by atoms with van der Waals surface area (Å²) in [5, 5.41) is 8.79. The van der Waals surface area contributed by atoms with E-state index >= 15 is 0 Å². The Morgan fingerprint density at radius 1 is 1.46 bits per heavy atom. The van der Waals surface area contributed by atoms with Crippen LogP contribution in [0.25, 0.3) is 0 Å². The first-order valence-corrected chi connectivity index (χ1v) is 4.17. The number of nitrogens with zero attached hydrogens (tertiary/aromatic N) is 4. The minimum Gasteiger partial charge on any atom is -0.338 e. The van der Waals surface area contributed by atoms with Gasteiger partial charge in [0.2, 0.25) is 5.95 Å². The second-order valence-corrected chi connectivity index (χ2v) is 3.58. The average molecular weight is 174 g/mol. The van der Waals surface area contributed by atoms with Gasteiger partial charge in [0.25, 0.3) is 0 Å². The van der Waals surface area contributed by atoms with E-state index in [2.05, 4.69) is 16.0 Å². The highest BCUT2D eigenvalue weighted by Gasteiger charge is 2.40. The van der Waals surface area contributed by atoms with Crippen molar-refractivity contribution in [3.05, 3.63) is 18.5 Å². The fourth-order valence-electron chi connectivity index (χ4n) is 1.46. The molecule has 0 N–H and O–H groups in total. The van der Waals surface area contributed by atoms with Crippen LogP contribution in [0, 0.1) is 16.7 Å². The Labute approximate surface area is 76.8 Å². The van der Waals surface area contributed by atoms with Gasteiger partial charge in [0.15, 0.2) is 0 Å². The molecule has 66 valence electrons. The summed E-state index contributed by atoms with van der Waals surface area (Å²) in [4.78, 5) is 10.2. The molecule has 1 aromatic heterocycles. The molecule has 13 heavy (non-hydrogen) atoms. The molecule has 0 unspecified atom stereocenters. The SMILES string of the molecule is CC1(C#N)CN(c2ncccn2)C1. The number of aromatic nitrogens is 2. The van der Waals surface area contributed by atoms with Gasteiger partial charge in [0.1, 0.15) is 0 Å². The van der Waals surface area contributed by atoms with Crippen LogP contribution in [0.3, 0.4) is 0 Å². The lowest BCUT2D eigenvalue weighted by atomic mass is 9.84. The van der Waals surface area contributed by atoms with Crippen LogP contribution in [-0.4, -0.2) is 23.1 Å². The van der Waals surface area contributed by atoms with Crippen molar-refractivity contribution in [2.24, 2.45) is 5.41 Å². The van der Waals surface area contributed by atoms with Gasteiger partial charge in [-0.2, -0.15) is 5.26 Å². The highest BCUT2D eigenvalue weighted by molar-refractivity contribution is 5.37. The van der Waals surface area contributed by atoms with E-state index in [1.165, 1.54) is 0 Å². The highest BCUT2D eigenvalue weighted by atomic mass is 15.3. The third-order valence-electron chi connectivity index (χ3n) is 2.18. The molecule has 1 aliphatic rings. The zero-order valence-electron chi connectivity index (χ0n) is 7.44. The molecule has 0 aliphatic carbocycles. The molecule has 0 radical (unpaired) electrons. The van der Waals surface area contributed by atoms with Gasteiger partial charge in [-0.05, 0) is 13.0 Å². The summed E-state index contributed by atoms with van der Waals surface area (Å²) in [6, 6.07) is 4.06. The fraction of sp³-hybridized carbons (Fsp3) is 0.444. The van der Waals surface area contributed by atoms with Gasteiger partial charge < -0.3 is 4.90 Å². The van der Waals surface area contributed by atoms with Crippen molar-refractivity contribution < 1.29 is 0 Å². The molecule has 1 saturated heterocycles. The summed E-state index contributed by atoms with van der Waals surface area (Å²) in [7, 11) is 0. The molecular weight excluding hydrogens is 164 g/mol. The van der Waals surface area contributed by atoms with Crippen LogP contribution in [-0.2, 0) is 0 Å². The Hall–Kier alpha value is -1.63. The predicted octanol–water partition coefficient (Wildman–Crippen LogP) is 0.826. The average Bonchev–Trinajstić information content (AvgIpc) is 2.14. The molecule has 1 aliphatic heterocycles. The molecule has 4 nitrogen and oxygen atoms in total. The molecule has 1 fully saturated rings. The zero-order chi connectivity index (χ0) is 9.31. The Morgan fingerprint density at radius 2 is 2.08 bits per heavy atom. The monoisotopic (exact) mass is 174 g/mol. The predicted molar refractivity (Wildman–Crippen MR) is 48.0 cm³/mol. The van der Waals surface area contributed by atoms with E-state index in [1.807, 2.05) is 11.8 Å². The lowest BCUT2D eigenvalue weighted by Gasteiger charge is -2.43. The van der Waals surface area contributed by atoms with Gasteiger partial charge in [-0.1, -0.05) is 0 Å². The maximum atomic E-state index is 8.79. The standard InChI is InChI=1S/C9H10N4/c1-9(5-10)6-13(7-9)8-11-3-2-4-12-8/h2-4H,6-7H2,1H3. The van der Waals surface area contributed by atoms with E-state index in [-0.39, 0.29) is 5.41 Å². The maximum Gasteiger partial charge on any atom is 0.225 e. The van der Waals surface area contributed by atoms with Crippen LogP contribution >= 0.6 is 0 Å². The zero-order valence-corrected chi connectivity index (χ0v) is 7.44. The van der Waals surface area contributed by atoms with Crippen molar-refractivity contribution in [2.75, 3.05) is 18.0 Å². The van der Waals surface area contributed by atoms with Crippen LogP contribution in [0.1, 0.15) is 6.92 Å². The van der Waals surface area contributed by atoms with Crippen molar-refractivity contribution in [2.45, 2.75) is 6.92 Å². The minimum absolute atomic E-state index is 0.209. The van der Waals surface area contributed by atoms with E-state index < -0.39 is 0 Å². The highest BCUT2D eigenvalue weighted by Crippen LogP contribution is 2.30. The van der Waals surface area contributed by atoms with Crippen LogP contribution in [0.4, 0.5) is 5.95 Å². The van der Waals surface area contributed by atoms with Crippen molar-refractivity contribution in [1.82, 2.24) is 9.97 Å². The normalized spacial score (nSPS) is 18.9. The number of hydrogen-bond acceptors (Lipinski definition) is 4. The number of hydrogen-bond donors (Lipinski definition) is 0. The number of anilines is 1. The molecule has 0 spiro atoms. The molecule has 0 atom stereocenters. The Bertz CT molecular complexity index is 334. The van der Waals surface area contributed by atoms with E-state index in [9.17, 15) is 0 Å². The summed E-state index contributed by atoms with van der Waals surface area (Å²) in [5.41, 5.74) is -0.209. The van der Waals surface area contributed by atoms with Crippen LogP contribution < -0.4 is 4.90 Å². The Morgan fingerprint density at radius 3 is 2.62 bits per heavy atom. The van der Waals surface area contributed by atoms with E-state index in [0.717, 1.165) is 19.0 Å². The topological polar surface area (TPSA) is 52.8 Å². The summed E-state index contributed by atoms with van der Waals surface area (Å²) in [5.74, 6) is 0.718. The largest absolute Gasteiger partial charge is 0.338 e. The third-order valence-corrected chi connectivity index (χ3v) is 2.18. The molecule has 2 rings (SSSR count). The second-order valence-electron chi connectivity index (χ2n) is 3.58. The first kappa shape index (κ1) is 7.99. The number of rotatable bonds is 1. The summed E-state index contributed by atoms with van der Waals surface area (Å²) < 4.78 is 0. The fourth-order valence-corrected chi connectivity index (χ4v) is 1.46. The molecular formula is C9H10N4. The van der Waals surface area contributed by atoms with Crippen LogP contribution in [0.15, 0.2) is 18.5 Å². The Balaban J connectivity index is 2.07. The van der Waals surface area contributed by atoms with Crippen LogP contribution in [0.5, 0.6) is 0 Å². The molecule has 0 bridgehead atoms. The summed E-state index contributed by atoms with van der Waals surface area (Å²) >= 11 is 0. The molecule has 0 aromatic carbocycles. The van der Waals surface area contributed by atoms with Gasteiger partial charge in [0.05, 0.1) is 11.5 Å². The quantitative estimate of drug-likeness (QED) is 0.632. The maximum absolute atomic E-state index is 8.79. The van der Waals surface area contributed by atoms with E-state index in [0.29, 0.717) is 0 Å². The van der Waals surface area contributed by atoms with Gasteiger partial charge in [-0.3, -0.25) is 0 Å². The van der Waals surface area contributed by atoms with Gasteiger partial charge in [0, 0.05) is 25.5 Å².